The third-order valence-electron chi connectivity index (χ3n) is 8.49. The molecule has 1 aromatic heterocycles. The maximum atomic E-state index is 13.3. The quantitative estimate of drug-likeness (QED) is 0.712. The Labute approximate surface area is 195 Å². The zero-order chi connectivity index (χ0) is 21.7. The van der Waals surface area contributed by atoms with Crippen LogP contribution in [0.25, 0.3) is 10.9 Å². The molecule has 6 heteroatoms. The first kappa shape index (κ1) is 20.9. The highest BCUT2D eigenvalue weighted by molar-refractivity contribution is 6.35. The number of pyridine rings is 1. The van der Waals surface area contributed by atoms with Gasteiger partial charge in [-0.15, -0.1) is 0 Å². The van der Waals surface area contributed by atoms with Crippen molar-refractivity contribution in [2.75, 3.05) is 32.7 Å². The minimum Gasteiger partial charge on any atom is -0.351 e. The van der Waals surface area contributed by atoms with Crippen LogP contribution in [0.5, 0.6) is 0 Å². The standard InChI is InChI=1S/C26H33ClN4O/c27-22-3-4-23-21(2-1-20(30-23)15-31-7-5-28-6-8-31)24(22)25(32)29-16-26-12-17-9-18(13-26)11-19(10-17)14-26/h1-4,17-19,28H,5-16H2,(H,29,32). The third kappa shape index (κ3) is 3.93. The number of rotatable bonds is 5. The monoisotopic (exact) mass is 452 g/mol. The van der Waals surface area contributed by atoms with Gasteiger partial charge in [-0.1, -0.05) is 17.7 Å². The molecular formula is C26H33ClN4O. The Hall–Kier alpha value is -1.69. The van der Waals surface area contributed by atoms with Gasteiger partial charge in [0.15, 0.2) is 0 Å². The van der Waals surface area contributed by atoms with E-state index in [0.717, 1.165) is 73.6 Å². The van der Waals surface area contributed by atoms with Crippen molar-refractivity contribution in [1.82, 2.24) is 20.5 Å². The molecule has 2 heterocycles. The topological polar surface area (TPSA) is 57.3 Å². The highest BCUT2D eigenvalue weighted by Gasteiger charge is 2.50. The smallest absolute Gasteiger partial charge is 0.253 e. The molecule has 0 spiro atoms. The molecule has 1 amide bonds. The number of aromatic nitrogens is 1. The fraction of sp³-hybridized carbons (Fsp3) is 0.615. The van der Waals surface area contributed by atoms with Crippen LogP contribution in [0, 0.1) is 23.2 Å². The summed E-state index contributed by atoms with van der Waals surface area (Å²) >= 11 is 6.54. The molecule has 1 aromatic carbocycles. The lowest BCUT2D eigenvalue weighted by Gasteiger charge is -2.56. The molecule has 5 fully saturated rings. The number of hydrogen-bond donors (Lipinski definition) is 2. The summed E-state index contributed by atoms with van der Waals surface area (Å²) in [7, 11) is 0. The van der Waals surface area contributed by atoms with Crippen molar-refractivity contribution >= 4 is 28.4 Å². The Bertz CT molecular complexity index is 997. The van der Waals surface area contributed by atoms with E-state index in [9.17, 15) is 4.79 Å². The van der Waals surface area contributed by atoms with E-state index in [0.29, 0.717) is 16.0 Å². The van der Waals surface area contributed by atoms with Crippen LogP contribution >= 0.6 is 11.6 Å². The summed E-state index contributed by atoms with van der Waals surface area (Å²) in [5.74, 6) is 2.61. The van der Waals surface area contributed by atoms with Gasteiger partial charge in [-0.25, -0.2) is 0 Å². The number of nitrogens with one attached hydrogen (secondary N) is 2. The van der Waals surface area contributed by atoms with E-state index in [-0.39, 0.29) is 5.91 Å². The van der Waals surface area contributed by atoms with Gasteiger partial charge < -0.3 is 10.6 Å². The van der Waals surface area contributed by atoms with Crippen LogP contribution in [0.3, 0.4) is 0 Å². The van der Waals surface area contributed by atoms with E-state index < -0.39 is 0 Å². The van der Waals surface area contributed by atoms with Crippen LogP contribution in [0.4, 0.5) is 0 Å². The lowest BCUT2D eigenvalue weighted by molar-refractivity contribution is -0.0503. The fourth-order valence-corrected chi connectivity index (χ4v) is 7.75. The molecule has 4 aliphatic carbocycles. The molecule has 0 atom stereocenters. The van der Waals surface area contributed by atoms with Crippen LogP contribution < -0.4 is 10.6 Å². The molecule has 7 rings (SSSR count). The first-order chi connectivity index (χ1) is 15.6. The number of fused-ring (bicyclic) bond motifs is 1. The number of halogens is 1. The van der Waals surface area contributed by atoms with E-state index in [2.05, 4.69) is 21.6 Å². The van der Waals surface area contributed by atoms with Gasteiger partial charge in [0, 0.05) is 44.7 Å². The van der Waals surface area contributed by atoms with E-state index in [1.54, 1.807) is 0 Å². The lowest BCUT2D eigenvalue weighted by Crippen LogP contribution is -2.51. The Morgan fingerprint density at radius 3 is 2.44 bits per heavy atom. The van der Waals surface area contributed by atoms with Gasteiger partial charge in [0.1, 0.15) is 0 Å². The number of benzene rings is 1. The fourth-order valence-electron chi connectivity index (χ4n) is 7.50. The average Bonchev–Trinajstić information content (AvgIpc) is 2.77. The molecule has 2 N–H and O–H groups in total. The van der Waals surface area contributed by atoms with E-state index >= 15 is 0 Å². The molecule has 0 unspecified atom stereocenters. The molecule has 4 bridgehead atoms. The Morgan fingerprint density at radius 2 is 1.75 bits per heavy atom. The summed E-state index contributed by atoms with van der Waals surface area (Å²) in [5, 5.41) is 8.05. The number of amides is 1. The summed E-state index contributed by atoms with van der Waals surface area (Å²) in [5.41, 5.74) is 2.79. The van der Waals surface area contributed by atoms with Gasteiger partial charge in [-0.3, -0.25) is 14.7 Å². The number of nitrogens with zero attached hydrogens (tertiary/aromatic N) is 2. The predicted molar refractivity (Wildman–Crippen MR) is 128 cm³/mol. The predicted octanol–water partition coefficient (Wildman–Crippen LogP) is 4.24. The normalized spacial score (nSPS) is 31.8. The van der Waals surface area contributed by atoms with Gasteiger partial charge in [0.05, 0.1) is 21.8 Å². The summed E-state index contributed by atoms with van der Waals surface area (Å²) in [6.07, 6.45) is 8.14. The van der Waals surface area contributed by atoms with E-state index in [1.807, 2.05) is 18.2 Å². The van der Waals surface area contributed by atoms with Crippen LogP contribution in [-0.2, 0) is 6.54 Å². The molecule has 0 radical (unpaired) electrons. The minimum atomic E-state index is -0.0481. The second-order valence-electron chi connectivity index (χ2n) is 10.9. The number of carbonyl (C=O) groups excluding carboxylic acids is 1. The van der Waals surface area contributed by atoms with Gasteiger partial charge >= 0.3 is 0 Å². The van der Waals surface area contributed by atoms with E-state index in [1.165, 1.54) is 38.5 Å². The van der Waals surface area contributed by atoms with Gasteiger partial charge in [-0.05, 0) is 79.9 Å². The summed E-state index contributed by atoms with van der Waals surface area (Å²) in [4.78, 5) is 20.6. The molecule has 32 heavy (non-hydrogen) atoms. The first-order valence-corrected chi connectivity index (χ1v) is 12.7. The summed E-state index contributed by atoms with van der Waals surface area (Å²) < 4.78 is 0. The maximum Gasteiger partial charge on any atom is 0.253 e. The molecule has 1 aliphatic heterocycles. The molecule has 1 saturated heterocycles. The van der Waals surface area contributed by atoms with Crippen molar-refractivity contribution in [3.05, 3.63) is 40.5 Å². The molecular weight excluding hydrogens is 420 g/mol. The van der Waals surface area contributed by atoms with Gasteiger partial charge in [0.25, 0.3) is 5.91 Å². The molecule has 5 aliphatic rings. The summed E-state index contributed by atoms with van der Waals surface area (Å²) in [6, 6.07) is 7.85. The zero-order valence-corrected chi connectivity index (χ0v) is 19.5. The van der Waals surface area contributed by atoms with Crippen molar-refractivity contribution in [2.45, 2.75) is 45.1 Å². The van der Waals surface area contributed by atoms with Gasteiger partial charge in [0.2, 0.25) is 0 Å². The maximum absolute atomic E-state index is 13.3. The third-order valence-corrected chi connectivity index (χ3v) is 8.80. The van der Waals surface area contributed by atoms with Crippen molar-refractivity contribution in [3.63, 3.8) is 0 Å². The Morgan fingerprint density at radius 1 is 1.06 bits per heavy atom. The van der Waals surface area contributed by atoms with Crippen LogP contribution in [0.1, 0.15) is 54.6 Å². The highest BCUT2D eigenvalue weighted by Crippen LogP contribution is 2.59. The largest absolute Gasteiger partial charge is 0.351 e. The number of hydrogen-bond acceptors (Lipinski definition) is 4. The summed E-state index contributed by atoms with van der Waals surface area (Å²) in [6.45, 7) is 5.76. The van der Waals surface area contributed by atoms with Crippen LogP contribution in [0.15, 0.2) is 24.3 Å². The minimum absolute atomic E-state index is 0.0481. The Kier molecular flexibility index (Phi) is 5.39. The molecule has 5 nitrogen and oxygen atoms in total. The number of piperazine rings is 1. The SMILES string of the molecule is O=C(NCC12CC3CC(CC(C3)C1)C2)c1c(Cl)ccc2nc(CN3CCNCC3)ccc12. The van der Waals surface area contributed by atoms with Crippen LogP contribution in [-0.4, -0.2) is 48.5 Å². The average molecular weight is 453 g/mol. The zero-order valence-electron chi connectivity index (χ0n) is 18.7. The second kappa shape index (κ2) is 8.27. The molecule has 4 saturated carbocycles. The van der Waals surface area contributed by atoms with Crippen molar-refractivity contribution in [2.24, 2.45) is 23.2 Å². The van der Waals surface area contributed by atoms with Crippen molar-refractivity contribution in [3.8, 4) is 0 Å². The highest BCUT2D eigenvalue weighted by atomic mass is 35.5. The Balaban J connectivity index is 1.20. The van der Waals surface area contributed by atoms with Crippen molar-refractivity contribution in [1.29, 1.82) is 0 Å². The molecule has 170 valence electrons. The van der Waals surface area contributed by atoms with Crippen molar-refractivity contribution < 1.29 is 4.79 Å². The van der Waals surface area contributed by atoms with E-state index in [4.69, 9.17) is 16.6 Å². The first-order valence-electron chi connectivity index (χ1n) is 12.4. The number of carbonyl (C=O) groups is 1. The second-order valence-corrected chi connectivity index (χ2v) is 11.3. The van der Waals surface area contributed by atoms with Crippen LogP contribution in [0.2, 0.25) is 5.02 Å². The van der Waals surface area contributed by atoms with Gasteiger partial charge in [-0.2, -0.15) is 0 Å². The molecule has 2 aromatic rings. The lowest BCUT2D eigenvalue weighted by atomic mass is 9.49.